The van der Waals surface area contributed by atoms with E-state index >= 15 is 0 Å². The molecule has 0 unspecified atom stereocenters. The second-order valence-corrected chi connectivity index (χ2v) is 6.58. The Labute approximate surface area is 147 Å². The summed E-state index contributed by atoms with van der Waals surface area (Å²) in [5.41, 5.74) is -3.67. The highest BCUT2D eigenvalue weighted by molar-refractivity contribution is 7.81. The monoisotopic (exact) mass is 377 g/mol. The Morgan fingerprint density at radius 2 is 1.81 bits per heavy atom. The Bertz CT molecular complexity index is 1100. The molecule has 8 heteroatoms. The smallest absolute Gasteiger partial charge is 0.456 e. The van der Waals surface area contributed by atoms with Gasteiger partial charge in [-0.1, -0.05) is 18.2 Å². The molecule has 4 nitrogen and oxygen atoms in total. The number of alkyl halides is 3. The fraction of sp³-hybridized carbons (Fsp3) is 0.0556. The molecular weight excluding hydrogens is 367 g/mol. The molecule has 0 aliphatic heterocycles. The molecule has 0 radical (unpaired) electrons. The SMILES string of the molecule is O=[S@@](Oc1ccc2cncc(-c3cc4ccccc4o3)c2c1)C(F)(F)F. The third-order valence-corrected chi connectivity index (χ3v) is 4.51. The molecule has 4 aromatic rings. The van der Waals surface area contributed by atoms with Crippen LogP contribution in [0, 0.1) is 0 Å². The van der Waals surface area contributed by atoms with Crippen molar-refractivity contribution in [2.45, 2.75) is 5.51 Å². The zero-order valence-electron chi connectivity index (χ0n) is 13.0. The molecule has 1 atom stereocenters. The van der Waals surface area contributed by atoms with Crippen LogP contribution in [0.3, 0.4) is 0 Å². The van der Waals surface area contributed by atoms with Crippen LogP contribution in [0.1, 0.15) is 0 Å². The number of fused-ring (bicyclic) bond motifs is 2. The van der Waals surface area contributed by atoms with Crippen LogP contribution in [-0.4, -0.2) is 14.7 Å². The van der Waals surface area contributed by atoms with E-state index in [2.05, 4.69) is 9.17 Å². The van der Waals surface area contributed by atoms with Crippen LogP contribution in [0.15, 0.2) is 65.3 Å². The largest absolute Gasteiger partial charge is 0.508 e. The lowest BCUT2D eigenvalue weighted by atomic mass is 10.1. The Morgan fingerprint density at radius 3 is 2.58 bits per heavy atom. The van der Waals surface area contributed by atoms with E-state index in [0.717, 1.165) is 5.39 Å². The van der Waals surface area contributed by atoms with Gasteiger partial charge in [-0.25, -0.2) is 4.21 Å². The molecule has 2 aromatic carbocycles. The van der Waals surface area contributed by atoms with Crippen LogP contribution in [0.25, 0.3) is 33.1 Å². The number of pyridine rings is 1. The van der Waals surface area contributed by atoms with E-state index in [1.807, 2.05) is 30.3 Å². The lowest BCUT2D eigenvalue weighted by molar-refractivity contribution is -0.0437. The number of hydrogen-bond donors (Lipinski definition) is 0. The zero-order chi connectivity index (χ0) is 18.3. The molecule has 0 aliphatic rings. The van der Waals surface area contributed by atoms with Crippen LogP contribution >= 0.6 is 0 Å². The van der Waals surface area contributed by atoms with Crippen molar-refractivity contribution in [1.82, 2.24) is 4.98 Å². The first-order valence-corrected chi connectivity index (χ1v) is 8.53. The minimum absolute atomic E-state index is 0.156. The third-order valence-electron chi connectivity index (χ3n) is 3.78. The summed E-state index contributed by atoms with van der Waals surface area (Å²) in [5, 5.41) is 2.16. The van der Waals surface area contributed by atoms with Crippen LogP contribution < -0.4 is 4.18 Å². The summed E-state index contributed by atoms with van der Waals surface area (Å²) < 4.78 is 58.9. The van der Waals surface area contributed by atoms with Gasteiger partial charge >= 0.3 is 16.6 Å². The van der Waals surface area contributed by atoms with E-state index in [9.17, 15) is 17.4 Å². The average molecular weight is 377 g/mol. The Kier molecular flexibility index (Phi) is 3.91. The highest BCUT2D eigenvalue weighted by Crippen LogP contribution is 2.34. The number of furan rings is 1. The molecule has 2 heterocycles. The van der Waals surface area contributed by atoms with Crippen LogP contribution in [0.4, 0.5) is 13.2 Å². The van der Waals surface area contributed by atoms with Crippen molar-refractivity contribution in [2.75, 3.05) is 0 Å². The van der Waals surface area contributed by atoms with Gasteiger partial charge in [0.15, 0.2) is 0 Å². The topological polar surface area (TPSA) is 52.3 Å². The summed E-state index contributed by atoms with van der Waals surface area (Å²) in [6.45, 7) is 0. The fourth-order valence-corrected chi connectivity index (χ4v) is 3.01. The molecule has 26 heavy (non-hydrogen) atoms. The average Bonchev–Trinajstić information content (AvgIpc) is 3.04. The lowest BCUT2D eigenvalue weighted by Gasteiger charge is -2.09. The Hall–Kier alpha value is -2.87. The highest BCUT2D eigenvalue weighted by Gasteiger charge is 2.40. The molecule has 132 valence electrons. The van der Waals surface area contributed by atoms with Crippen LogP contribution in [0.2, 0.25) is 0 Å². The van der Waals surface area contributed by atoms with Gasteiger partial charge in [-0.2, -0.15) is 13.2 Å². The number of halogens is 3. The van der Waals surface area contributed by atoms with Gasteiger partial charge in [-0.05, 0) is 35.7 Å². The molecule has 0 fully saturated rings. The van der Waals surface area contributed by atoms with E-state index in [1.165, 1.54) is 12.1 Å². The van der Waals surface area contributed by atoms with Gasteiger partial charge in [-0.3, -0.25) is 4.98 Å². The quantitative estimate of drug-likeness (QED) is 0.492. The first-order valence-electron chi connectivity index (χ1n) is 7.45. The Balaban J connectivity index is 1.82. The number of benzene rings is 2. The van der Waals surface area contributed by atoms with E-state index < -0.39 is 16.6 Å². The third kappa shape index (κ3) is 3.03. The van der Waals surface area contributed by atoms with Gasteiger partial charge in [0.05, 0.1) is 0 Å². The summed E-state index contributed by atoms with van der Waals surface area (Å²) >= 11 is -3.43. The summed E-state index contributed by atoms with van der Waals surface area (Å²) in [4.78, 5) is 4.15. The van der Waals surface area contributed by atoms with Crippen LogP contribution in [0.5, 0.6) is 5.75 Å². The van der Waals surface area contributed by atoms with Gasteiger partial charge < -0.3 is 8.60 Å². The Morgan fingerprint density at radius 1 is 1.00 bits per heavy atom. The molecule has 0 spiro atoms. The molecule has 0 aliphatic carbocycles. The number of aromatic nitrogens is 1. The van der Waals surface area contributed by atoms with Crippen molar-refractivity contribution in [3.8, 4) is 17.1 Å². The second-order valence-electron chi connectivity index (χ2n) is 5.48. The van der Waals surface area contributed by atoms with Crippen molar-refractivity contribution in [2.24, 2.45) is 0 Å². The van der Waals surface area contributed by atoms with Crippen molar-refractivity contribution in [3.63, 3.8) is 0 Å². The summed E-state index contributed by atoms with van der Waals surface area (Å²) in [7, 11) is 0. The van der Waals surface area contributed by atoms with E-state index in [-0.39, 0.29) is 5.75 Å². The first kappa shape index (κ1) is 16.6. The molecule has 2 aromatic heterocycles. The van der Waals surface area contributed by atoms with Crippen molar-refractivity contribution in [1.29, 1.82) is 0 Å². The molecule has 0 saturated heterocycles. The maximum absolute atomic E-state index is 12.5. The molecule has 0 amide bonds. The van der Waals surface area contributed by atoms with Gasteiger partial charge in [0.2, 0.25) is 0 Å². The summed E-state index contributed by atoms with van der Waals surface area (Å²) in [5.74, 6) is 0.370. The number of hydrogen-bond acceptors (Lipinski definition) is 4. The van der Waals surface area contributed by atoms with Gasteiger partial charge in [-0.15, -0.1) is 0 Å². The minimum atomic E-state index is -4.95. The van der Waals surface area contributed by atoms with E-state index in [0.29, 0.717) is 27.7 Å². The molecular formula is C18H10F3NO3S. The maximum Gasteiger partial charge on any atom is 0.508 e. The number of para-hydroxylation sites is 1. The second kappa shape index (κ2) is 6.14. The van der Waals surface area contributed by atoms with Gasteiger partial charge in [0.1, 0.15) is 17.1 Å². The maximum atomic E-state index is 12.5. The predicted molar refractivity (Wildman–Crippen MR) is 91.8 cm³/mol. The summed E-state index contributed by atoms with van der Waals surface area (Å²) in [6.07, 6.45) is 3.14. The van der Waals surface area contributed by atoms with E-state index in [1.54, 1.807) is 18.5 Å². The molecule has 0 N–H and O–H groups in total. The summed E-state index contributed by atoms with van der Waals surface area (Å²) in [6, 6.07) is 13.5. The molecule has 4 rings (SSSR count). The highest BCUT2D eigenvalue weighted by atomic mass is 32.2. The lowest BCUT2D eigenvalue weighted by Crippen LogP contribution is -2.20. The van der Waals surface area contributed by atoms with E-state index in [4.69, 9.17) is 4.42 Å². The van der Waals surface area contributed by atoms with Crippen LogP contribution in [-0.2, 0) is 11.1 Å². The van der Waals surface area contributed by atoms with Crippen molar-refractivity contribution in [3.05, 3.63) is 60.9 Å². The van der Waals surface area contributed by atoms with Gasteiger partial charge in [0.25, 0.3) is 0 Å². The fourth-order valence-electron chi connectivity index (χ4n) is 2.64. The normalized spacial score (nSPS) is 13.2. The molecule has 0 saturated carbocycles. The number of rotatable bonds is 3. The zero-order valence-corrected chi connectivity index (χ0v) is 13.8. The van der Waals surface area contributed by atoms with Crippen molar-refractivity contribution >= 4 is 32.8 Å². The van der Waals surface area contributed by atoms with Crippen molar-refractivity contribution < 1.29 is 26.0 Å². The minimum Gasteiger partial charge on any atom is -0.456 e. The standard InChI is InChI=1S/C18H10F3NO3S/c19-18(20,21)26(23)25-13-6-5-12-9-22-10-15(14(12)8-13)17-7-11-3-1-2-4-16(11)24-17/h1-10H/t26-/m0/s1. The predicted octanol–water partition coefficient (Wildman–Crippen LogP) is 5.21. The first-order chi connectivity index (χ1) is 12.4. The molecule has 0 bridgehead atoms. The van der Waals surface area contributed by atoms with Gasteiger partial charge in [0, 0.05) is 28.7 Å². The number of nitrogens with zero attached hydrogens (tertiary/aromatic N) is 1.